The second-order valence-corrected chi connectivity index (χ2v) is 7.66. The van der Waals surface area contributed by atoms with E-state index in [9.17, 15) is 4.79 Å². The van der Waals surface area contributed by atoms with Gasteiger partial charge in [-0.3, -0.25) is 9.69 Å². The van der Waals surface area contributed by atoms with E-state index in [4.69, 9.17) is 0 Å². The van der Waals surface area contributed by atoms with Crippen molar-refractivity contribution in [1.82, 2.24) is 10.2 Å². The standard InChI is InChI=1S/C15H21BrN2OS/c16-11-8-13(20-10-11)9-15(19)14-2-1-7-18(14)12-3-5-17-6-4-12/h8,10,12,14,17H,1-7,9H2. The van der Waals surface area contributed by atoms with Gasteiger partial charge in [-0.2, -0.15) is 0 Å². The molecule has 2 fully saturated rings. The monoisotopic (exact) mass is 356 g/mol. The molecular formula is C15H21BrN2OS. The van der Waals surface area contributed by atoms with Gasteiger partial charge < -0.3 is 5.32 Å². The van der Waals surface area contributed by atoms with Crippen molar-refractivity contribution in [2.75, 3.05) is 19.6 Å². The Kier molecular flexibility index (Phi) is 4.91. The predicted molar refractivity (Wildman–Crippen MR) is 86.3 cm³/mol. The molecule has 110 valence electrons. The minimum atomic E-state index is 0.166. The quantitative estimate of drug-likeness (QED) is 0.900. The predicted octanol–water partition coefficient (Wildman–Crippen LogP) is 2.84. The Bertz CT molecular complexity index is 470. The summed E-state index contributed by atoms with van der Waals surface area (Å²) in [4.78, 5) is 16.3. The van der Waals surface area contributed by atoms with Gasteiger partial charge in [0.05, 0.1) is 6.04 Å². The molecule has 1 atom stereocenters. The maximum Gasteiger partial charge on any atom is 0.155 e. The van der Waals surface area contributed by atoms with Crippen LogP contribution in [0, 0.1) is 0 Å². The smallest absolute Gasteiger partial charge is 0.155 e. The van der Waals surface area contributed by atoms with Crippen LogP contribution < -0.4 is 5.32 Å². The molecule has 5 heteroatoms. The average Bonchev–Trinajstić information content (AvgIpc) is 3.09. The van der Waals surface area contributed by atoms with Gasteiger partial charge in [0.2, 0.25) is 0 Å². The number of nitrogens with zero attached hydrogens (tertiary/aromatic N) is 1. The Morgan fingerprint density at radius 3 is 2.90 bits per heavy atom. The molecule has 1 aromatic rings. The lowest BCUT2D eigenvalue weighted by Crippen LogP contribution is -2.48. The molecule has 1 aromatic heterocycles. The fraction of sp³-hybridized carbons (Fsp3) is 0.667. The number of nitrogens with one attached hydrogen (secondary N) is 1. The molecule has 0 amide bonds. The highest BCUT2D eigenvalue weighted by Crippen LogP contribution is 2.27. The first kappa shape index (κ1) is 14.7. The number of thiophene rings is 1. The molecule has 1 N–H and O–H groups in total. The Hall–Kier alpha value is -0.230. The first-order chi connectivity index (χ1) is 9.74. The largest absolute Gasteiger partial charge is 0.317 e. The maximum absolute atomic E-state index is 12.6. The van der Waals surface area contributed by atoms with Gasteiger partial charge in [0.15, 0.2) is 5.78 Å². The third-order valence-electron chi connectivity index (χ3n) is 4.41. The molecule has 0 spiro atoms. The summed E-state index contributed by atoms with van der Waals surface area (Å²) in [5.74, 6) is 0.412. The number of piperidine rings is 1. The number of hydrogen-bond acceptors (Lipinski definition) is 4. The van der Waals surface area contributed by atoms with Gasteiger partial charge in [0, 0.05) is 27.2 Å². The van der Waals surface area contributed by atoms with Gasteiger partial charge in [0.1, 0.15) is 0 Å². The lowest BCUT2D eigenvalue weighted by molar-refractivity contribution is -0.123. The first-order valence-electron chi connectivity index (χ1n) is 7.46. The van der Waals surface area contributed by atoms with Crippen LogP contribution in [-0.2, 0) is 11.2 Å². The SMILES string of the molecule is O=C(Cc1cc(Br)cs1)C1CCCN1C1CCNCC1. The van der Waals surface area contributed by atoms with Crippen molar-refractivity contribution in [3.05, 3.63) is 20.8 Å². The summed E-state index contributed by atoms with van der Waals surface area (Å²) in [5, 5.41) is 5.47. The molecule has 0 aromatic carbocycles. The number of likely N-dealkylation sites (tertiary alicyclic amines) is 1. The summed E-state index contributed by atoms with van der Waals surface area (Å²) in [6.07, 6.45) is 5.20. The molecule has 0 radical (unpaired) electrons. The number of ketones is 1. The Morgan fingerprint density at radius 2 is 2.20 bits per heavy atom. The summed E-state index contributed by atoms with van der Waals surface area (Å²) < 4.78 is 1.09. The van der Waals surface area contributed by atoms with E-state index < -0.39 is 0 Å². The van der Waals surface area contributed by atoms with Gasteiger partial charge in [-0.15, -0.1) is 11.3 Å². The molecular weight excluding hydrogens is 336 g/mol. The minimum absolute atomic E-state index is 0.166. The molecule has 0 bridgehead atoms. The normalized spacial score (nSPS) is 25.1. The van der Waals surface area contributed by atoms with Gasteiger partial charge in [-0.05, 0) is 67.3 Å². The lowest BCUT2D eigenvalue weighted by Gasteiger charge is -2.35. The number of carbonyl (C=O) groups is 1. The highest BCUT2D eigenvalue weighted by molar-refractivity contribution is 9.10. The van der Waals surface area contributed by atoms with Crippen LogP contribution in [0.15, 0.2) is 15.9 Å². The van der Waals surface area contributed by atoms with Crippen molar-refractivity contribution < 1.29 is 4.79 Å². The van der Waals surface area contributed by atoms with Crippen LogP contribution in [0.3, 0.4) is 0 Å². The van der Waals surface area contributed by atoms with Crippen molar-refractivity contribution in [2.24, 2.45) is 0 Å². The summed E-state index contributed by atoms with van der Waals surface area (Å²) in [7, 11) is 0. The summed E-state index contributed by atoms with van der Waals surface area (Å²) in [6, 6.07) is 2.86. The number of carbonyl (C=O) groups excluding carboxylic acids is 1. The van der Waals surface area contributed by atoms with E-state index in [1.54, 1.807) is 11.3 Å². The maximum atomic E-state index is 12.6. The Labute approximate surface area is 132 Å². The molecule has 3 rings (SSSR count). The summed E-state index contributed by atoms with van der Waals surface area (Å²) >= 11 is 5.14. The van der Waals surface area contributed by atoms with Crippen molar-refractivity contribution in [3.63, 3.8) is 0 Å². The van der Waals surface area contributed by atoms with E-state index in [2.05, 4.69) is 37.6 Å². The van der Waals surface area contributed by atoms with Gasteiger partial charge in [-0.25, -0.2) is 0 Å². The van der Waals surface area contributed by atoms with E-state index in [1.165, 1.54) is 24.1 Å². The molecule has 1 unspecified atom stereocenters. The second kappa shape index (κ2) is 6.69. The summed E-state index contributed by atoms with van der Waals surface area (Å²) in [6.45, 7) is 3.30. The van der Waals surface area contributed by atoms with Crippen molar-refractivity contribution in [1.29, 1.82) is 0 Å². The molecule has 0 saturated carbocycles. The topological polar surface area (TPSA) is 32.3 Å². The summed E-state index contributed by atoms with van der Waals surface area (Å²) in [5.41, 5.74) is 0. The van der Waals surface area contributed by atoms with Crippen LogP contribution in [0.1, 0.15) is 30.6 Å². The van der Waals surface area contributed by atoms with E-state index in [0.29, 0.717) is 18.2 Å². The van der Waals surface area contributed by atoms with E-state index >= 15 is 0 Å². The molecule has 2 saturated heterocycles. The second-order valence-electron chi connectivity index (χ2n) is 5.75. The molecule has 2 aliphatic rings. The highest BCUT2D eigenvalue weighted by atomic mass is 79.9. The molecule has 2 aliphatic heterocycles. The Morgan fingerprint density at radius 1 is 1.40 bits per heavy atom. The van der Waals surface area contributed by atoms with Crippen LogP contribution in [0.4, 0.5) is 0 Å². The number of halogens is 1. The van der Waals surface area contributed by atoms with Gasteiger partial charge in [-0.1, -0.05) is 0 Å². The Balaban J connectivity index is 1.63. The average molecular weight is 357 g/mol. The fourth-order valence-electron chi connectivity index (χ4n) is 3.45. The van der Waals surface area contributed by atoms with Crippen LogP contribution in [0.25, 0.3) is 0 Å². The molecule has 0 aliphatic carbocycles. The van der Waals surface area contributed by atoms with Crippen LogP contribution >= 0.6 is 27.3 Å². The van der Waals surface area contributed by atoms with Crippen molar-refractivity contribution in [3.8, 4) is 0 Å². The zero-order chi connectivity index (χ0) is 13.9. The van der Waals surface area contributed by atoms with Crippen molar-refractivity contribution in [2.45, 2.75) is 44.2 Å². The van der Waals surface area contributed by atoms with Crippen LogP contribution in [0.5, 0.6) is 0 Å². The first-order valence-corrected chi connectivity index (χ1v) is 9.13. The van der Waals surface area contributed by atoms with E-state index in [1.807, 2.05) is 0 Å². The highest BCUT2D eigenvalue weighted by Gasteiger charge is 2.35. The van der Waals surface area contributed by atoms with Crippen LogP contribution in [0.2, 0.25) is 0 Å². The zero-order valence-corrected chi connectivity index (χ0v) is 14.0. The number of hydrogen-bond donors (Lipinski definition) is 1. The minimum Gasteiger partial charge on any atom is -0.317 e. The van der Waals surface area contributed by atoms with Gasteiger partial charge >= 0.3 is 0 Å². The third kappa shape index (κ3) is 3.32. The fourth-order valence-corrected chi connectivity index (χ4v) is 4.91. The van der Waals surface area contributed by atoms with E-state index in [-0.39, 0.29) is 6.04 Å². The zero-order valence-electron chi connectivity index (χ0n) is 11.6. The number of rotatable bonds is 4. The molecule has 3 nitrogen and oxygen atoms in total. The van der Waals surface area contributed by atoms with Crippen LogP contribution in [-0.4, -0.2) is 42.4 Å². The lowest BCUT2D eigenvalue weighted by atomic mass is 10.0. The van der Waals surface area contributed by atoms with Gasteiger partial charge in [0.25, 0.3) is 0 Å². The molecule has 3 heterocycles. The number of Topliss-reactive ketones (excluding diaryl/α,β-unsaturated/α-hetero) is 1. The van der Waals surface area contributed by atoms with Crippen molar-refractivity contribution >= 4 is 33.0 Å². The van der Waals surface area contributed by atoms with E-state index in [0.717, 1.165) is 30.5 Å². The third-order valence-corrected chi connectivity index (χ3v) is 6.11. The molecule has 20 heavy (non-hydrogen) atoms.